The summed E-state index contributed by atoms with van der Waals surface area (Å²) in [5.74, 6) is 0. The molecule has 1 aromatic carbocycles. The zero-order valence-electron chi connectivity index (χ0n) is 10.8. The first-order chi connectivity index (χ1) is 9.85. The molecule has 0 amide bonds. The SMILES string of the molecule is C=CCCc1cc(Br)cc2[nH]c(=O)c(=O)[nH]c12.O=[P+](O)O. The minimum atomic E-state index is -2.87. The van der Waals surface area contributed by atoms with Gasteiger partial charge in [0.15, 0.2) is 0 Å². The molecule has 0 atom stereocenters. The predicted octanol–water partition coefficient (Wildman–Crippen LogP) is 1.73. The molecule has 0 aliphatic carbocycles. The Morgan fingerprint density at radius 1 is 1.24 bits per heavy atom. The van der Waals surface area contributed by atoms with Gasteiger partial charge in [-0.25, -0.2) is 0 Å². The van der Waals surface area contributed by atoms with E-state index >= 15 is 0 Å². The maximum atomic E-state index is 11.3. The van der Waals surface area contributed by atoms with E-state index in [1.54, 1.807) is 6.07 Å². The molecule has 7 nitrogen and oxygen atoms in total. The van der Waals surface area contributed by atoms with Crippen molar-refractivity contribution in [1.82, 2.24) is 9.97 Å². The Balaban J connectivity index is 0.000000491. The quantitative estimate of drug-likeness (QED) is 0.369. The number of allylic oxidation sites excluding steroid dienone is 1. The van der Waals surface area contributed by atoms with E-state index in [2.05, 4.69) is 32.5 Å². The number of hydrogen-bond acceptors (Lipinski definition) is 3. The number of nitrogens with one attached hydrogen (secondary N) is 2. The van der Waals surface area contributed by atoms with Crippen LogP contribution in [0, 0.1) is 0 Å². The summed E-state index contributed by atoms with van der Waals surface area (Å²) >= 11 is 3.38. The number of H-pyrrole nitrogens is 2. The molecule has 0 aliphatic rings. The fraction of sp³-hybridized carbons (Fsp3) is 0.167. The molecule has 0 spiro atoms. The molecule has 4 N–H and O–H groups in total. The van der Waals surface area contributed by atoms with E-state index in [-0.39, 0.29) is 0 Å². The second kappa shape index (κ2) is 7.99. The van der Waals surface area contributed by atoms with Crippen LogP contribution in [0.2, 0.25) is 0 Å². The van der Waals surface area contributed by atoms with E-state index in [1.165, 1.54) is 0 Å². The minimum Gasteiger partial charge on any atom is -0.316 e. The smallest absolute Gasteiger partial charge is 0.316 e. The van der Waals surface area contributed by atoms with Gasteiger partial charge < -0.3 is 9.97 Å². The molecule has 0 fully saturated rings. The summed E-state index contributed by atoms with van der Waals surface area (Å²) < 4.78 is 9.57. The molecule has 0 saturated heterocycles. The normalized spacial score (nSPS) is 9.86. The molecule has 9 heteroatoms. The Kier molecular flexibility index (Phi) is 6.64. The first-order valence-corrected chi connectivity index (χ1v) is 7.71. The van der Waals surface area contributed by atoms with Crippen molar-refractivity contribution >= 4 is 35.2 Å². The summed E-state index contributed by atoms with van der Waals surface area (Å²) in [5, 5.41) is 0. The molecule has 112 valence electrons. The lowest BCUT2D eigenvalue weighted by atomic mass is 10.1. The summed E-state index contributed by atoms with van der Waals surface area (Å²) in [5.41, 5.74) is 1.02. The average Bonchev–Trinajstić information content (AvgIpc) is 2.37. The van der Waals surface area contributed by atoms with Crippen molar-refractivity contribution in [3.05, 3.63) is 55.5 Å². The lowest BCUT2D eigenvalue weighted by molar-refractivity contribution is 0.405. The molecule has 21 heavy (non-hydrogen) atoms. The number of rotatable bonds is 3. The molecule has 0 aliphatic heterocycles. The molecule has 2 rings (SSSR count). The molecule has 1 aromatic heterocycles. The third-order valence-corrected chi connectivity index (χ3v) is 2.95. The van der Waals surface area contributed by atoms with Crippen LogP contribution in [-0.4, -0.2) is 19.8 Å². The van der Waals surface area contributed by atoms with Crippen molar-refractivity contribution in [3.8, 4) is 0 Å². The predicted molar refractivity (Wildman–Crippen MR) is 83.5 cm³/mol. The first kappa shape index (κ1) is 17.5. The van der Waals surface area contributed by atoms with Crippen LogP contribution in [0.25, 0.3) is 11.0 Å². The highest BCUT2D eigenvalue weighted by molar-refractivity contribution is 9.10. The molecule has 0 radical (unpaired) electrons. The third kappa shape index (κ3) is 5.35. The standard InChI is InChI=1S/C12H11BrN2O2.HO3P/c1-2-3-4-7-5-8(13)6-9-10(7)15-12(17)11(16)14-9;1-4(2)3/h2,5-6H,1,3-4H2,(H,14,16)(H,15,17);(H-,1,2,3)/p+1. The number of aryl methyl sites for hydroxylation is 1. The number of aromatic nitrogens is 2. The van der Waals surface area contributed by atoms with Gasteiger partial charge in [0, 0.05) is 9.04 Å². The average molecular weight is 376 g/mol. The number of benzene rings is 1. The second-order valence-electron chi connectivity index (χ2n) is 3.98. The van der Waals surface area contributed by atoms with Crippen molar-refractivity contribution in [2.45, 2.75) is 12.8 Å². The molecule has 1 heterocycles. The van der Waals surface area contributed by atoms with Gasteiger partial charge in [0.1, 0.15) is 0 Å². The Morgan fingerprint density at radius 3 is 2.38 bits per heavy atom. The number of aromatic amines is 2. The highest BCUT2D eigenvalue weighted by atomic mass is 79.9. The van der Waals surface area contributed by atoms with Gasteiger partial charge in [0.25, 0.3) is 0 Å². The van der Waals surface area contributed by atoms with E-state index in [1.807, 2.05) is 12.1 Å². The highest BCUT2D eigenvalue weighted by Crippen LogP contribution is 2.21. The largest absolute Gasteiger partial charge is 0.692 e. The highest BCUT2D eigenvalue weighted by Gasteiger charge is 2.06. The van der Waals surface area contributed by atoms with Crippen molar-refractivity contribution in [2.24, 2.45) is 0 Å². The Morgan fingerprint density at radius 2 is 1.81 bits per heavy atom. The third-order valence-electron chi connectivity index (χ3n) is 2.50. The van der Waals surface area contributed by atoms with Crippen molar-refractivity contribution in [1.29, 1.82) is 0 Å². The van der Waals surface area contributed by atoms with Crippen molar-refractivity contribution in [3.63, 3.8) is 0 Å². The van der Waals surface area contributed by atoms with E-state index in [0.717, 1.165) is 22.9 Å². The molecule has 0 saturated carbocycles. The van der Waals surface area contributed by atoms with Gasteiger partial charge in [-0.15, -0.1) is 16.4 Å². The van der Waals surface area contributed by atoms with Crippen LogP contribution in [0.4, 0.5) is 0 Å². The van der Waals surface area contributed by atoms with Crippen LogP contribution in [0.3, 0.4) is 0 Å². The monoisotopic (exact) mass is 375 g/mol. The lowest BCUT2D eigenvalue weighted by Crippen LogP contribution is -2.29. The van der Waals surface area contributed by atoms with Crippen LogP contribution < -0.4 is 11.1 Å². The van der Waals surface area contributed by atoms with Crippen LogP contribution in [0.15, 0.2) is 38.8 Å². The van der Waals surface area contributed by atoms with Crippen LogP contribution in [0.1, 0.15) is 12.0 Å². The Labute approximate surface area is 128 Å². The Hall–Kier alpha value is -1.60. The maximum Gasteiger partial charge on any atom is 0.692 e. The van der Waals surface area contributed by atoms with Gasteiger partial charge in [-0.05, 0) is 30.5 Å². The minimum absolute atomic E-state index is 0.625. The van der Waals surface area contributed by atoms with Crippen molar-refractivity contribution in [2.75, 3.05) is 0 Å². The molecule has 2 aromatic rings. The summed E-state index contributed by atoms with van der Waals surface area (Å²) in [6.45, 7) is 3.67. The van der Waals surface area contributed by atoms with Crippen molar-refractivity contribution < 1.29 is 14.4 Å². The zero-order valence-corrected chi connectivity index (χ0v) is 13.3. The summed E-state index contributed by atoms with van der Waals surface area (Å²) in [4.78, 5) is 42.0. The van der Waals surface area contributed by atoms with E-state index < -0.39 is 19.4 Å². The van der Waals surface area contributed by atoms with E-state index in [4.69, 9.17) is 14.4 Å². The summed E-state index contributed by atoms with van der Waals surface area (Å²) in [6, 6.07) is 3.70. The molecular weight excluding hydrogens is 363 g/mol. The fourth-order valence-electron chi connectivity index (χ4n) is 1.71. The summed E-state index contributed by atoms with van der Waals surface area (Å²) in [6.07, 6.45) is 3.39. The molecular formula is C12H13BrN2O5P+. The fourth-order valence-corrected chi connectivity index (χ4v) is 2.22. The molecule has 0 unspecified atom stereocenters. The number of hydrogen-bond donors (Lipinski definition) is 4. The van der Waals surface area contributed by atoms with E-state index in [0.29, 0.717) is 11.0 Å². The van der Waals surface area contributed by atoms with Gasteiger partial charge in [0.2, 0.25) is 0 Å². The topological polar surface area (TPSA) is 123 Å². The Bertz CT molecular complexity index is 779. The maximum absolute atomic E-state index is 11.3. The number of halogens is 1. The van der Waals surface area contributed by atoms with Gasteiger partial charge in [-0.3, -0.25) is 9.59 Å². The first-order valence-electron chi connectivity index (χ1n) is 5.75. The lowest BCUT2D eigenvalue weighted by Gasteiger charge is -2.05. The van der Waals surface area contributed by atoms with Crippen LogP contribution in [-0.2, 0) is 11.0 Å². The zero-order chi connectivity index (χ0) is 16.0. The van der Waals surface area contributed by atoms with Crippen LogP contribution in [0.5, 0.6) is 0 Å². The van der Waals surface area contributed by atoms with Gasteiger partial charge in [-0.2, -0.15) is 0 Å². The van der Waals surface area contributed by atoms with Gasteiger partial charge in [0.05, 0.1) is 11.0 Å². The van der Waals surface area contributed by atoms with E-state index in [9.17, 15) is 9.59 Å². The molecule has 0 bridgehead atoms. The van der Waals surface area contributed by atoms with Gasteiger partial charge in [-0.1, -0.05) is 22.0 Å². The summed E-state index contributed by atoms with van der Waals surface area (Å²) in [7, 11) is -2.87. The van der Waals surface area contributed by atoms with Crippen LogP contribution >= 0.6 is 24.2 Å². The van der Waals surface area contributed by atoms with Gasteiger partial charge >= 0.3 is 19.4 Å². The number of fused-ring (bicyclic) bond motifs is 1. The second-order valence-corrected chi connectivity index (χ2v) is 5.40.